The maximum absolute atomic E-state index is 13.8. The molecule has 37 heavy (non-hydrogen) atoms. The minimum absolute atomic E-state index is 0.306. The van der Waals surface area contributed by atoms with E-state index in [1.54, 1.807) is 0 Å². The molecule has 0 saturated heterocycles. The lowest BCUT2D eigenvalue weighted by atomic mass is 9.98. The number of rotatable bonds is 23. The van der Waals surface area contributed by atoms with Gasteiger partial charge in [0, 0.05) is 0 Å². The minimum Gasteiger partial charge on any atom is -0.463 e. The average Bonchev–Trinajstić information content (AvgIpc) is 2.89. The highest BCUT2D eigenvalue weighted by Crippen LogP contribution is 2.29. The molecule has 8 atom stereocenters. The molecular formula is C25H40F10O2. The quantitative estimate of drug-likeness (QED) is 0.0708. The molecule has 0 radical (unpaired) electrons. The zero-order valence-electron chi connectivity index (χ0n) is 21.2. The van der Waals surface area contributed by atoms with Crippen LogP contribution in [0.25, 0.3) is 0 Å². The molecule has 12 heteroatoms. The molecule has 0 fully saturated rings. The third kappa shape index (κ3) is 14.5. The molecule has 0 heterocycles. The van der Waals surface area contributed by atoms with Gasteiger partial charge in [-0.2, -0.15) is 0 Å². The predicted octanol–water partition coefficient (Wildman–Crippen LogP) is 8.59. The Hall–Kier alpha value is -1.23. The minimum atomic E-state index is -4.08. The molecule has 8 unspecified atom stereocenters. The van der Waals surface area contributed by atoms with Crippen molar-refractivity contribution in [3.63, 3.8) is 0 Å². The molecule has 222 valence electrons. The monoisotopic (exact) mass is 562 g/mol. The van der Waals surface area contributed by atoms with Crippen molar-refractivity contribution in [1.29, 1.82) is 0 Å². The first-order valence-electron chi connectivity index (χ1n) is 13.0. The molecule has 0 saturated carbocycles. The number of esters is 1. The number of carbonyl (C=O) groups excluding carboxylic acids is 1. The molecular weight excluding hydrogens is 522 g/mol. The van der Waals surface area contributed by atoms with Gasteiger partial charge in [0.25, 0.3) is 6.43 Å². The molecule has 0 rings (SSSR count). The highest BCUT2D eigenvalue weighted by Gasteiger charge is 2.49. The van der Waals surface area contributed by atoms with E-state index in [4.69, 9.17) is 0 Å². The second-order valence-corrected chi connectivity index (χ2v) is 9.26. The fourth-order valence-electron chi connectivity index (χ4n) is 3.68. The SMILES string of the molecule is CCCCCCCCCCCCCCCOC(=O)C(F)C(F)C(F)C(F)C(F)C(F)C(F)C(F)C(F)F. The summed E-state index contributed by atoms with van der Waals surface area (Å²) in [6, 6.07) is 0. The van der Waals surface area contributed by atoms with Crippen molar-refractivity contribution in [2.24, 2.45) is 0 Å². The molecule has 0 aliphatic rings. The first-order chi connectivity index (χ1) is 17.5. The van der Waals surface area contributed by atoms with Crippen molar-refractivity contribution in [2.75, 3.05) is 6.61 Å². The Bertz CT molecular complexity index is 572. The lowest BCUT2D eigenvalue weighted by Gasteiger charge is -2.25. The molecule has 0 aromatic carbocycles. The summed E-state index contributed by atoms with van der Waals surface area (Å²) in [5.74, 6) is -1.89. The van der Waals surface area contributed by atoms with Crippen molar-refractivity contribution in [3.8, 4) is 0 Å². The van der Waals surface area contributed by atoms with E-state index in [-0.39, 0.29) is 6.61 Å². The summed E-state index contributed by atoms with van der Waals surface area (Å²) in [5, 5.41) is 0. The van der Waals surface area contributed by atoms with Crippen molar-refractivity contribution in [1.82, 2.24) is 0 Å². The number of alkyl halides is 10. The summed E-state index contributed by atoms with van der Waals surface area (Å²) in [6.07, 6.45) is -20.9. The first-order valence-corrected chi connectivity index (χ1v) is 13.0. The van der Waals surface area contributed by atoms with E-state index in [9.17, 15) is 48.7 Å². The zero-order valence-corrected chi connectivity index (χ0v) is 21.2. The van der Waals surface area contributed by atoms with Gasteiger partial charge in [-0.3, -0.25) is 0 Å². The number of hydrogen-bond donors (Lipinski definition) is 0. The van der Waals surface area contributed by atoms with Gasteiger partial charge in [0.15, 0.2) is 43.2 Å². The van der Waals surface area contributed by atoms with Gasteiger partial charge in [0.2, 0.25) is 6.17 Å². The van der Waals surface area contributed by atoms with Crippen molar-refractivity contribution >= 4 is 5.97 Å². The van der Waals surface area contributed by atoms with E-state index < -0.39 is 61.8 Å². The summed E-state index contributed by atoms with van der Waals surface area (Å²) < 4.78 is 137. The standard InChI is InChI=1S/C25H40F10O2/c1-2-3-4-5-6-7-8-9-10-11-12-13-14-15-37-25(36)23(33)21(31)19(29)17(27)16(26)18(28)20(30)22(32)24(34)35/h16-24H,2-15H2,1H3. The highest BCUT2D eigenvalue weighted by atomic mass is 19.3. The maximum atomic E-state index is 13.8. The van der Waals surface area contributed by atoms with Gasteiger partial charge in [0.1, 0.15) is 0 Å². The molecule has 0 aliphatic carbocycles. The predicted molar refractivity (Wildman–Crippen MR) is 122 cm³/mol. The third-order valence-electron chi connectivity index (χ3n) is 6.06. The second-order valence-electron chi connectivity index (χ2n) is 9.26. The fraction of sp³-hybridized carbons (Fsp3) is 0.960. The van der Waals surface area contributed by atoms with E-state index in [1.165, 1.54) is 38.5 Å². The lowest BCUT2D eigenvalue weighted by Crippen LogP contribution is -2.48. The van der Waals surface area contributed by atoms with Crippen LogP contribution in [0.1, 0.15) is 90.4 Å². The normalized spacial score (nSPS) is 18.6. The van der Waals surface area contributed by atoms with Gasteiger partial charge in [-0.25, -0.2) is 48.7 Å². The average molecular weight is 563 g/mol. The first kappa shape index (κ1) is 35.8. The summed E-state index contributed by atoms with van der Waals surface area (Å²) in [6.45, 7) is 1.84. The summed E-state index contributed by atoms with van der Waals surface area (Å²) >= 11 is 0. The topological polar surface area (TPSA) is 26.3 Å². The van der Waals surface area contributed by atoms with Crippen LogP contribution in [0.5, 0.6) is 0 Å². The molecule has 0 N–H and O–H groups in total. The lowest BCUT2D eigenvalue weighted by molar-refractivity contribution is -0.155. The Morgan fingerprint density at radius 3 is 1.19 bits per heavy atom. The van der Waals surface area contributed by atoms with Crippen LogP contribution in [-0.4, -0.2) is 68.4 Å². The van der Waals surface area contributed by atoms with Crippen molar-refractivity contribution in [3.05, 3.63) is 0 Å². The van der Waals surface area contributed by atoms with Crippen molar-refractivity contribution < 1.29 is 53.4 Å². The maximum Gasteiger partial charge on any atom is 0.343 e. The Balaban J connectivity index is 4.14. The van der Waals surface area contributed by atoms with Crippen LogP contribution in [-0.2, 0) is 9.53 Å². The zero-order chi connectivity index (χ0) is 28.4. The largest absolute Gasteiger partial charge is 0.463 e. The van der Waals surface area contributed by atoms with Gasteiger partial charge in [-0.1, -0.05) is 84.0 Å². The van der Waals surface area contributed by atoms with E-state index in [1.807, 2.05) is 0 Å². The van der Waals surface area contributed by atoms with Crippen LogP contribution >= 0.6 is 0 Å². The Kier molecular flexibility index (Phi) is 20.0. The van der Waals surface area contributed by atoms with Gasteiger partial charge in [-0.05, 0) is 6.42 Å². The number of ether oxygens (including phenoxy) is 1. The van der Waals surface area contributed by atoms with E-state index in [0.717, 1.165) is 32.1 Å². The van der Waals surface area contributed by atoms with Crippen LogP contribution in [0.4, 0.5) is 43.9 Å². The van der Waals surface area contributed by atoms with E-state index in [2.05, 4.69) is 11.7 Å². The smallest absolute Gasteiger partial charge is 0.343 e. The van der Waals surface area contributed by atoms with Gasteiger partial charge in [-0.15, -0.1) is 0 Å². The van der Waals surface area contributed by atoms with Crippen molar-refractivity contribution in [2.45, 2.75) is 146 Å². The third-order valence-corrected chi connectivity index (χ3v) is 6.06. The second kappa shape index (κ2) is 20.7. The molecule has 0 amide bonds. The van der Waals surface area contributed by atoms with Crippen LogP contribution in [0, 0.1) is 0 Å². The van der Waals surface area contributed by atoms with Crippen LogP contribution in [0.3, 0.4) is 0 Å². The number of unbranched alkanes of at least 4 members (excludes halogenated alkanes) is 12. The molecule has 0 aromatic rings. The van der Waals surface area contributed by atoms with Crippen LogP contribution in [0.15, 0.2) is 0 Å². The van der Waals surface area contributed by atoms with E-state index >= 15 is 0 Å². The molecule has 2 nitrogen and oxygen atoms in total. The number of hydrogen-bond acceptors (Lipinski definition) is 2. The van der Waals surface area contributed by atoms with Gasteiger partial charge >= 0.3 is 5.97 Å². The summed E-state index contributed by atoms with van der Waals surface area (Å²) in [4.78, 5) is 11.5. The Morgan fingerprint density at radius 1 is 0.486 bits per heavy atom. The molecule has 0 aliphatic heterocycles. The highest BCUT2D eigenvalue weighted by molar-refractivity contribution is 5.75. The van der Waals surface area contributed by atoms with Gasteiger partial charge < -0.3 is 4.74 Å². The van der Waals surface area contributed by atoms with E-state index in [0.29, 0.717) is 12.8 Å². The Labute approximate surface area is 212 Å². The number of carbonyl (C=O) groups is 1. The summed E-state index contributed by atoms with van der Waals surface area (Å²) in [5.41, 5.74) is 0. The van der Waals surface area contributed by atoms with Gasteiger partial charge in [0.05, 0.1) is 6.61 Å². The van der Waals surface area contributed by atoms with Crippen LogP contribution < -0.4 is 0 Å². The van der Waals surface area contributed by atoms with Crippen LogP contribution in [0.2, 0.25) is 0 Å². The molecule has 0 bridgehead atoms. The number of halogens is 10. The molecule has 0 aromatic heterocycles. The Morgan fingerprint density at radius 2 is 0.811 bits per heavy atom. The summed E-state index contributed by atoms with van der Waals surface area (Å²) in [7, 11) is 0. The fourth-order valence-corrected chi connectivity index (χ4v) is 3.68. The molecule has 0 spiro atoms.